The third kappa shape index (κ3) is 4.18. The molecular formula is C20H18N4O5S. The fraction of sp³-hybridized carbons (Fsp3) is 0.200. The Morgan fingerprint density at radius 3 is 2.77 bits per heavy atom. The van der Waals surface area contributed by atoms with Crippen molar-refractivity contribution in [3.8, 4) is 17.2 Å². The molecule has 0 bridgehead atoms. The van der Waals surface area contributed by atoms with Gasteiger partial charge in [0, 0.05) is 10.4 Å². The van der Waals surface area contributed by atoms with Gasteiger partial charge in [0.2, 0.25) is 12.3 Å². The van der Waals surface area contributed by atoms with E-state index < -0.39 is 18.0 Å². The van der Waals surface area contributed by atoms with Gasteiger partial charge in [-0.15, -0.1) is 21.5 Å². The molecule has 2 amide bonds. The SMILES string of the molecule is CCOC(=O)C1=C(COc2ccc(-c3nnco3)cc2)NC(=O)NC1c1cccs1. The molecule has 30 heavy (non-hydrogen) atoms. The van der Waals surface area contributed by atoms with Gasteiger partial charge in [-0.3, -0.25) is 0 Å². The van der Waals surface area contributed by atoms with Crippen LogP contribution in [0.25, 0.3) is 11.5 Å². The first kappa shape index (κ1) is 19.6. The van der Waals surface area contributed by atoms with Crippen LogP contribution in [-0.4, -0.2) is 35.4 Å². The molecule has 4 rings (SSSR count). The zero-order chi connectivity index (χ0) is 20.9. The number of aromatic nitrogens is 2. The molecule has 2 aromatic heterocycles. The van der Waals surface area contributed by atoms with Crippen molar-refractivity contribution < 1.29 is 23.5 Å². The Morgan fingerprint density at radius 1 is 1.27 bits per heavy atom. The Balaban J connectivity index is 1.58. The molecule has 1 unspecified atom stereocenters. The van der Waals surface area contributed by atoms with Crippen LogP contribution in [-0.2, 0) is 9.53 Å². The predicted molar refractivity (Wildman–Crippen MR) is 108 cm³/mol. The first-order valence-electron chi connectivity index (χ1n) is 9.16. The Labute approximate surface area is 175 Å². The van der Waals surface area contributed by atoms with Crippen molar-refractivity contribution in [2.24, 2.45) is 0 Å². The molecule has 3 heterocycles. The van der Waals surface area contributed by atoms with E-state index in [4.69, 9.17) is 13.9 Å². The van der Waals surface area contributed by atoms with Gasteiger partial charge in [-0.25, -0.2) is 9.59 Å². The monoisotopic (exact) mass is 426 g/mol. The summed E-state index contributed by atoms with van der Waals surface area (Å²) >= 11 is 1.44. The summed E-state index contributed by atoms with van der Waals surface area (Å²) in [6, 6.07) is 9.74. The zero-order valence-corrected chi connectivity index (χ0v) is 16.8. The Bertz CT molecular complexity index is 1050. The van der Waals surface area contributed by atoms with Crippen molar-refractivity contribution >= 4 is 23.3 Å². The van der Waals surface area contributed by atoms with Crippen molar-refractivity contribution in [3.63, 3.8) is 0 Å². The van der Waals surface area contributed by atoms with Gasteiger partial charge in [0.05, 0.1) is 23.9 Å². The average Bonchev–Trinajstić information content (AvgIpc) is 3.46. The van der Waals surface area contributed by atoms with Crippen LogP contribution in [0.1, 0.15) is 17.8 Å². The summed E-state index contributed by atoms with van der Waals surface area (Å²) in [5.74, 6) is 0.446. The highest BCUT2D eigenvalue weighted by atomic mass is 32.1. The van der Waals surface area contributed by atoms with Crippen LogP contribution in [0.2, 0.25) is 0 Å². The van der Waals surface area contributed by atoms with E-state index in [-0.39, 0.29) is 13.2 Å². The van der Waals surface area contributed by atoms with Gasteiger partial charge in [-0.2, -0.15) is 0 Å². The van der Waals surface area contributed by atoms with Gasteiger partial charge in [0.25, 0.3) is 0 Å². The first-order chi connectivity index (χ1) is 14.7. The number of hydrogen-bond acceptors (Lipinski definition) is 8. The van der Waals surface area contributed by atoms with E-state index in [1.54, 1.807) is 31.2 Å². The van der Waals surface area contributed by atoms with E-state index in [2.05, 4.69) is 20.8 Å². The lowest BCUT2D eigenvalue weighted by molar-refractivity contribution is -0.139. The van der Waals surface area contributed by atoms with Crippen LogP contribution in [0, 0.1) is 0 Å². The smallest absolute Gasteiger partial charge is 0.338 e. The topological polar surface area (TPSA) is 116 Å². The van der Waals surface area contributed by atoms with Gasteiger partial charge in [0.1, 0.15) is 12.4 Å². The van der Waals surface area contributed by atoms with E-state index in [0.29, 0.717) is 22.9 Å². The van der Waals surface area contributed by atoms with Crippen molar-refractivity contribution in [1.82, 2.24) is 20.8 Å². The number of rotatable bonds is 7. The van der Waals surface area contributed by atoms with Crippen molar-refractivity contribution in [2.45, 2.75) is 13.0 Å². The molecule has 0 radical (unpaired) electrons. The number of carbonyl (C=O) groups is 2. The molecule has 0 saturated heterocycles. The summed E-state index contributed by atoms with van der Waals surface area (Å²) in [7, 11) is 0. The van der Waals surface area contributed by atoms with E-state index in [9.17, 15) is 9.59 Å². The lowest BCUT2D eigenvalue weighted by Gasteiger charge is -2.28. The summed E-state index contributed by atoms with van der Waals surface area (Å²) < 4.78 is 16.2. The minimum atomic E-state index is -0.601. The lowest BCUT2D eigenvalue weighted by atomic mass is 10.0. The largest absolute Gasteiger partial charge is 0.487 e. The molecule has 1 aromatic carbocycles. The molecule has 0 spiro atoms. The number of hydrogen-bond donors (Lipinski definition) is 2. The Kier molecular flexibility index (Phi) is 5.75. The van der Waals surface area contributed by atoms with Gasteiger partial charge in [0.15, 0.2) is 0 Å². The number of thiophene rings is 1. The van der Waals surface area contributed by atoms with Crippen molar-refractivity contribution in [1.29, 1.82) is 0 Å². The van der Waals surface area contributed by atoms with Crippen LogP contribution < -0.4 is 15.4 Å². The molecule has 1 aliphatic heterocycles. The highest BCUT2D eigenvalue weighted by Crippen LogP contribution is 2.31. The van der Waals surface area contributed by atoms with Crippen LogP contribution in [0.15, 0.2) is 63.9 Å². The number of benzene rings is 1. The van der Waals surface area contributed by atoms with Gasteiger partial charge in [-0.05, 0) is 42.6 Å². The fourth-order valence-electron chi connectivity index (χ4n) is 3.00. The minimum absolute atomic E-state index is 0.0106. The highest BCUT2D eigenvalue weighted by molar-refractivity contribution is 7.10. The molecule has 0 saturated carbocycles. The molecule has 0 aliphatic carbocycles. The predicted octanol–water partition coefficient (Wildman–Crippen LogP) is 3.05. The van der Waals surface area contributed by atoms with Gasteiger partial charge >= 0.3 is 12.0 Å². The van der Waals surface area contributed by atoms with Gasteiger partial charge in [-0.1, -0.05) is 6.07 Å². The number of urea groups is 1. The summed E-state index contributed by atoms with van der Waals surface area (Å²) in [4.78, 5) is 25.7. The third-order valence-electron chi connectivity index (χ3n) is 4.32. The molecule has 3 aromatic rings. The Morgan fingerprint density at radius 2 is 2.10 bits per heavy atom. The molecule has 2 N–H and O–H groups in total. The first-order valence-corrected chi connectivity index (χ1v) is 10.0. The van der Waals surface area contributed by atoms with Crippen molar-refractivity contribution in [3.05, 3.63) is 64.3 Å². The standard InChI is InChI=1S/C20H18N4O5S/c1-2-27-19(25)16-14(22-20(26)23-17(16)15-4-3-9-30-15)10-28-13-7-5-12(6-8-13)18-24-21-11-29-18/h3-9,11,17H,2,10H2,1H3,(H2,22,23,26). The summed E-state index contributed by atoms with van der Waals surface area (Å²) in [6.45, 7) is 1.94. The van der Waals surface area contributed by atoms with Crippen LogP contribution in [0.4, 0.5) is 4.79 Å². The average molecular weight is 426 g/mol. The number of amides is 2. The Hall–Kier alpha value is -3.66. The second-order valence-corrected chi connectivity index (χ2v) is 7.20. The number of nitrogens with zero attached hydrogens (tertiary/aromatic N) is 2. The molecule has 9 nitrogen and oxygen atoms in total. The molecule has 0 fully saturated rings. The van der Waals surface area contributed by atoms with E-state index >= 15 is 0 Å². The maximum atomic E-state index is 12.7. The lowest BCUT2D eigenvalue weighted by Crippen LogP contribution is -2.47. The summed E-state index contributed by atoms with van der Waals surface area (Å²) in [5, 5.41) is 14.8. The van der Waals surface area contributed by atoms with Gasteiger partial charge < -0.3 is 24.5 Å². The van der Waals surface area contributed by atoms with E-state index in [1.807, 2.05) is 17.5 Å². The van der Waals surface area contributed by atoms with Crippen LogP contribution in [0.3, 0.4) is 0 Å². The summed E-state index contributed by atoms with van der Waals surface area (Å²) in [6.07, 6.45) is 1.26. The van der Waals surface area contributed by atoms with E-state index in [1.165, 1.54) is 17.7 Å². The quantitative estimate of drug-likeness (QED) is 0.558. The molecule has 1 aliphatic rings. The third-order valence-corrected chi connectivity index (χ3v) is 5.26. The maximum absolute atomic E-state index is 12.7. The normalized spacial score (nSPS) is 16.0. The second kappa shape index (κ2) is 8.78. The van der Waals surface area contributed by atoms with Crippen molar-refractivity contribution in [2.75, 3.05) is 13.2 Å². The number of esters is 1. The zero-order valence-electron chi connectivity index (χ0n) is 16.0. The maximum Gasteiger partial charge on any atom is 0.338 e. The number of carbonyl (C=O) groups excluding carboxylic acids is 2. The molecule has 1 atom stereocenters. The van der Waals surface area contributed by atoms with Crippen LogP contribution in [0.5, 0.6) is 5.75 Å². The van der Waals surface area contributed by atoms with E-state index in [0.717, 1.165) is 10.4 Å². The molecule has 154 valence electrons. The summed E-state index contributed by atoms with van der Waals surface area (Å²) in [5.41, 5.74) is 1.43. The second-order valence-electron chi connectivity index (χ2n) is 6.22. The number of nitrogens with one attached hydrogen (secondary N) is 2. The number of ether oxygens (including phenoxy) is 2. The minimum Gasteiger partial charge on any atom is -0.487 e. The van der Waals surface area contributed by atoms with Crippen LogP contribution >= 0.6 is 11.3 Å². The fourth-order valence-corrected chi connectivity index (χ4v) is 3.78. The molecular weight excluding hydrogens is 408 g/mol. The molecule has 10 heteroatoms. The highest BCUT2D eigenvalue weighted by Gasteiger charge is 2.34.